The molecule has 0 aliphatic carbocycles. The van der Waals surface area contributed by atoms with Gasteiger partial charge in [-0.15, -0.1) is 0 Å². The monoisotopic (exact) mass is 360 g/mol. The van der Waals surface area contributed by atoms with Crippen molar-refractivity contribution < 1.29 is 14.3 Å². The van der Waals surface area contributed by atoms with Gasteiger partial charge in [0.25, 0.3) is 11.8 Å². The molecule has 0 radical (unpaired) electrons. The largest absolute Gasteiger partial charge is 0.493 e. The first kappa shape index (κ1) is 19.1. The maximum absolute atomic E-state index is 12.6. The number of amides is 2. The van der Waals surface area contributed by atoms with E-state index in [-0.39, 0.29) is 22.5 Å². The molecule has 0 spiro atoms. The van der Waals surface area contributed by atoms with E-state index in [1.165, 1.54) is 9.80 Å². The summed E-state index contributed by atoms with van der Waals surface area (Å²) in [5.74, 6) is 0.525. The van der Waals surface area contributed by atoms with Crippen molar-refractivity contribution in [1.82, 2.24) is 9.80 Å². The molecule has 1 saturated heterocycles. The summed E-state index contributed by atoms with van der Waals surface area (Å²) < 4.78 is 5.65. The van der Waals surface area contributed by atoms with Gasteiger partial charge < -0.3 is 4.74 Å². The van der Waals surface area contributed by atoms with Crippen LogP contribution in [0.1, 0.15) is 33.3 Å². The molecule has 0 aromatic heterocycles. The standard InChI is InChI=1S/C19H24N2O3S/c1-5-20-17(22)16(18(23)21(6-2)19(20)25)11-14-7-9-15(10-8-14)24-12-13(3)4/h7-11,13H,5-6,12H2,1-4H3. The number of carbonyl (C=O) groups excluding carboxylic acids is 2. The fourth-order valence-corrected chi connectivity index (χ4v) is 2.90. The molecule has 6 heteroatoms. The molecule has 0 atom stereocenters. The smallest absolute Gasteiger partial charge is 0.265 e. The van der Waals surface area contributed by atoms with Gasteiger partial charge in [0.2, 0.25) is 0 Å². The van der Waals surface area contributed by atoms with Crippen molar-refractivity contribution in [3.8, 4) is 5.75 Å². The average molecular weight is 360 g/mol. The second-order valence-corrected chi connectivity index (χ2v) is 6.58. The highest BCUT2D eigenvalue weighted by molar-refractivity contribution is 7.80. The van der Waals surface area contributed by atoms with Gasteiger partial charge in [0.1, 0.15) is 11.3 Å². The summed E-state index contributed by atoms with van der Waals surface area (Å²) in [6.45, 7) is 9.36. The number of nitrogens with zero attached hydrogens (tertiary/aromatic N) is 2. The van der Waals surface area contributed by atoms with Gasteiger partial charge in [0.15, 0.2) is 5.11 Å². The van der Waals surface area contributed by atoms with Gasteiger partial charge in [-0.05, 0) is 55.8 Å². The molecular weight excluding hydrogens is 336 g/mol. The van der Waals surface area contributed by atoms with Gasteiger partial charge >= 0.3 is 0 Å². The molecule has 134 valence electrons. The number of rotatable bonds is 6. The lowest BCUT2D eigenvalue weighted by Crippen LogP contribution is -2.55. The highest BCUT2D eigenvalue weighted by Crippen LogP contribution is 2.21. The van der Waals surface area contributed by atoms with Crippen LogP contribution in [0.2, 0.25) is 0 Å². The molecule has 1 aromatic carbocycles. The number of hydrogen-bond donors (Lipinski definition) is 0. The van der Waals surface area contributed by atoms with Crippen LogP contribution in [0.5, 0.6) is 5.75 Å². The highest BCUT2D eigenvalue weighted by Gasteiger charge is 2.37. The minimum atomic E-state index is -0.345. The fraction of sp³-hybridized carbons (Fsp3) is 0.421. The molecule has 5 nitrogen and oxygen atoms in total. The lowest BCUT2D eigenvalue weighted by molar-refractivity contribution is -0.133. The Hall–Kier alpha value is -2.21. The Morgan fingerprint density at radius 2 is 1.56 bits per heavy atom. The van der Waals surface area contributed by atoms with Gasteiger partial charge in [0.05, 0.1) is 6.61 Å². The third-order valence-electron chi connectivity index (χ3n) is 3.82. The van der Waals surface area contributed by atoms with E-state index in [1.807, 2.05) is 38.1 Å². The first-order valence-electron chi connectivity index (χ1n) is 8.51. The Kier molecular flexibility index (Phi) is 6.31. The van der Waals surface area contributed by atoms with E-state index in [9.17, 15) is 9.59 Å². The molecule has 1 fully saturated rings. The van der Waals surface area contributed by atoms with E-state index in [0.717, 1.165) is 11.3 Å². The van der Waals surface area contributed by atoms with Crippen LogP contribution >= 0.6 is 12.2 Å². The predicted molar refractivity (Wildman–Crippen MR) is 102 cm³/mol. The topological polar surface area (TPSA) is 49.9 Å². The molecule has 1 aromatic rings. The average Bonchev–Trinajstić information content (AvgIpc) is 2.58. The number of likely N-dealkylation sites (N-methyl/N-ethyl adjacent to an activating group) is 2. The lowest BCUT2D eigenvalue weighted by Gasteiger charge is -2.35. The zero-order valence-corrected chi connectivity index (χ0v) is 15.9. The van der Waals surface area contributed by atoms with Crippen molar-refractivity contribution in [3.63, 3.8) is 0 Å². The Balaban J connectivity index is 2.27. The summed E-state index contributed by atoms with van der Waals surface area (Å²) in [5.41, 5.74) is 0.904. The van der Waals surface area contributed by atoms with Crippen molar-refractivity contribution in [1.29, 1.82) is 0 Å². The summed E-state index contributed by atoms with van der Waals surface area (Å²) in [6, 6.07) is 7.35. The summed E-state index contributed by atoms with van der Waals surface area (Å²) in [7, 11) is 0. The van der Waals surface area contributed by atoms with E-state index in [2.05, 4.69) is 13.8 Å². The molecule has 1 aliphatic heterocycles. The molecule has 0 bridgehead atoms. The minimum absolute atomic E-state index is 0.133. The van der Waals surface area contributed by atoms with Crippen molar-refractivity contribution in [3.05, 3.63) is 35.4 Å². The van der Waals surface area contributed by atoms with Crippen LogP contribution in [-0.4, -0.2) is 46.4 Å². The first-order valence-corrected chi connectivity index (χ1v) is 8.92. The molecule has 0 unspecified atom stereocenters. The van der Waals surface area contributed by atoms with Crippen LogP contribution in [0.25, 0.3) is 6.08 Å². The van der Waals surface area contributed by atoms with Gasteiger partial charge in [-0.1, -0.05) is 26.0 Å². The molecule has 25 heavy (non-hydrogen) atoms. The van der Waals surface area contributed by atoms with E-state index in [0.29, 0.717) is 25.6 Å². The minimum Gasteiger partial charge on any atom is -0.493 e. The van der Waals surface area contributed by atoms with Gasteiger partial charge in [-0.25, -0.2) is 0 Å². The van der Waals surface area contributed by atoms with Crippen LogP contribution in [-0.2, 0) is 9.59 Å². The van der Waals surface area contributed by atoms with E-state index < -0.39 is 0 Å². The molecule has 0 N–H and O–H groups in total. The van der Waals surface area contributed by atoms with Gasteiger partial charge in [-0.2, -0.15) is 0 Å². The summed E-state index contributed by atoms with van der Waals surface area (Å²) in [5, 5.41) is 0.273. The zero-order chi connectivity index (χ0) is 18.6. The van der Waals surface area contributed by atoms with Crippen molar-refractivity contribution >= 4 is 35.2 Å². The van der Waals surface area contributed by atoms with Crippen LogP contribution < -0.4 is 4.74 Å². The Bertz CT molecular complexity index is 667. The normalized spacial score (nSPS) is 15.2. The highest BCUT2D eigenvalue weighted by atomic mass is 32.1. The van der Waals surface area contributed by atoms with Crippen LogP contribution in [0.15, 0.2) is 29.8 Å². The molecule has 2 amide bonds. The van der Waals surface area contributed by atoms with Crippen LogP contribution in [0.3, 0.4) is 0 Å². The SMILES string of the molecule is CCN1C(=O)C(=Cc2ccc(OCC(C)C)cc2)C(=O)N(CC)C1=S. The summed E-state index contributed by atoms with van der Waals surface area (Å²) in [6.07, 6.45) is 1.62. The summed E-state index contributed by atoms with van der Waals surface area (Å²) >= 11 is 5.25. The lowest BCUT2D eigenvalue weighted by atomic mass is 10.1. The maximum Gasteiger partial charge on any atom is 0.265 e. The second-order valence-electron chi connectivity index (χ2n) is 6.21. The number of benzene rings is 1. The number of ether oxygens (including phenoxy) is 1. The quantitative estimate of drug-likeness (QED) is 0.444. The van der Waals surface area contributed by atoms with Gasteiger partial charge in [-0.3, -0.25) is 19.4 Å². The van der Waals surface area contributed by atoms with Crippen molar-refractivity contribution in [2.75, 3.05) is 19.7 Å². The number of thiocarbonyl (C=S) groups is 1. The number of carbonyl (C=O) groups is 2. The first-order chi connectivity index (χ1) is 11.9. The molecule has 1 heterocycles. The molecule has 1 aliphatic rings. The molecule has 0 saturated carbocycles. The van der Waals surface area contributed by atoms with Gasteiger partial charge in [0, 0.05) is 13.1 Å². The predicted octanol–water partition coefficient (Wildman–Crippen LogP) is 3.10. The maximum atomic E-state index is 12.6. The third kappa shape index (κ3) is 4.25. The second kappa shape index (κ2) is 8.25. The van der Waals surface area contributed by atoms with Crippen molar-refractivity contribution in [2.24, 2.45) is 5.92 Å². The Labute approximate surface area is 154 Å². The Morgan fingerprint density at radius 3 is 2.00 bits per heavy atom. The van der Waals surface area contributed by atoms with E-state index in [1.54, 1.807) is 6.08 Å². The van der Waals surface area contributed by atoms with Crippen LogP contribution in [0.4, 0.5) is 0 Å². The third-order valence-corrected chi connectivity index (χ3v) is 4.26. The molecule has 2 rings (SSSR count). The fourth-order valence-electron chi connectivity index (χ4n) is 2.47. The van der Waals surface area contributed by atoms with Crippen LogP contribution in [0, 0.1) is 5.92 Å². The summed E-state index contributed by atoms with van der Waals surface area (Å²) in [4.78, 5) is 28.1. The van der Waals surface area contributed by atoms with Crippen molar-refractivity contribution in [2.45, 2.75) is 27.7 Å². The van der Waals surface area contributed by atoms with E-state index >= 15 is 0 Å². The zero-order valence-electron chi connectivity index (χ0n) is 15.1. The van der Waals surface area contributed by atoms with E-state index in [4.69, 9.17) is 17.0 Å². The Morgan fingerprint density at radius 1 is 1.04 bits per heavy atom. The number of hydrogen-bond acceptors (Lipinski definition) is 4. The molecular formula is C19H24N2O3S.